The number of piperidine rings is 3. The van der Waals surface area contributed by atoms with Gasteiger partial charge in [0.25, 0.3) is 0 Å². The molecule has 2 bridgehead atoms. The molecule has 3 heterocycles. The van der Waals surface area contributed by atoms with Gasteiger partial charge in [0.2, 0.25) is 0 Å². The lowest BCUT2D eigenvalue weighted by Gasteiger charge is -2.48. The minimum atomic E-state index is 0.658. The van der Waals surface area contributed by atoms with E-state index < -0.39 is 0 Å². The van der Waals surface area contributed by atoms with Crippen LogP contribution in [0.25, 0.3) is 0 Å². The summed E-state index contributed by atoms with van der Waals surface area (Å²) < 4.78 is 1.23. The second kappa shape index (κ2) is 5.12. The molecule has 1 nitrogen and oxygen atoms in total. The standard InChI is InChI=1S/C16H20Cl2N/c1-19-9-7-12(8-10-19)14(11-19)6-5-13-3-2-4-15(17)16(13)18/h2-4,6,12H,5,7-11H2,1H3/q+1. The number of fused-ring (bicyclic) bond motifs is 3. The fourth-order valence-electron chi connectivity index (χ4n) is 3.47. The molecule has 1 aromatic carbocycles. The van der Waals surface area contributed by atoms with Crippen LogP contribution in [-0.2, 0) is 6.42 Å². The lowest BCUT2D eigenvalue weighted by atomic mass is 9.81. The number of quaternary nitrogens is 1. The van der Waals surface area contributed by atoms with Gasteiger partial charge in [-0.05, 0) is 29.5 Å². The maximum absolute atomic E-state index is 6.25. The van der Waals surface area contributed by atoms with Crippen molar-refractivity contribution in [3.05, 3.63) is 45.5 Å². The fraction of sp³-hybridized carbons (Fsp3) is 0.500. The molecule has 0 radical (unpaired) electrons. The third kappa shape index (κ3) is 2.69. The van der Waals surface area contributed by atoms with Crippen molar-refractivity contribution in [2.45, 2.75) is 19.3 Å². The Hall–Kier alpha value is -0.500. The van der Waals surface area contributed by atoms with E-state index in [9.17, 15) is 0 Å². The minimum Gasteiger partial charge on any atom is -0.323 e. The molecule has 0 atom stereocenters. The highest BCUT2D eigenvalue weighted by atomic mass is 35.5. The van der Waals surface area contributed by atoms with Crippen LogP contribution in [0.5, 0.6) is 0 Å². The van der Waals surface area contributed by atoms with Gasteiger partial charge in [-0.25, -0.2) is 0 Å². The number of benzene rings is 1. The molecule has 0 aliphatic carbocycles. The van der Waals surface area contributed by atoms with Gasteiger partial charge in [-0.15, -0.1) is 0 Å². The molecular formula is C16H20Cl2N+. The summed E-state index contributed by atoms with van der Waals surface area (Å²) in [5, 5.41) is 1.37. The molecule has 4 rings (SSSR count). The van der Waals surface area contributed by atoms with Crippen molar-refractivity contribution >= 4 is 23.2 Å². The molecule has 3 aliphatic heterocycles. The number of hydrogen-bond donors (Lipinski definition) is 0. The van der Waals surface area contributed by atoms with Crippen LogP contribution in [-0.4, -0.2) is 31.2 Å². The first-order valence-electron chi connectivity index (χ1n) is 7.03. The number of allylic oxidation sites excluding steroid dienone is 1. The molecule has 19 heavy (non-hydrogen) atoms. The first-order valence-corrected chi connectivity index (χ1v) is 7.78. The molecule has 3 aliphatic rings. The SMILES string of the molecule is C[N+]12CCC(CC1)C(=CCc1cccc(Cl)c1Cl)C2. The number of likely N-dealkylation sites (N-methyl/N-ethyl adjacent to an activating group) is 1. The van der Waals surface area contributed by atoms with Gasteiger partial charge >= 0.3 is 0 Å². The van der Waals surface area contributed by atoms with Crippen LogP contribution in [0.4, 0.5) is 0 Å². The highest BCUT2D eigenvalue weighted by Crippen LogP contribution is 2.36. The van der Waals surface area contributed by atoms with E-state index in [1.165, 1.54) is 37.0 Å². The van der Waals surface area contributed by atoms with Crippen molar-refractivity contribution in [2.24, 2.45) is 5.92 Å². The van der Waals surface area contributed by atoms with Crippen LogP contribution in [0.3, 0.4) is 0 Å². The summed E-state index contributed by atoms with van der Waals surface area (Å²) in [6.07, 6.45) is 6.01. The van der Waals surface area contributed by atoms with Crippen molar-refractivity contribution in [1.82, 2.24) is 0 Å². The van der Waals surface area contributed by atoms with Crippen LogP contribution >= 0.6 is 23.2 Å². The van der Waals surface area contributed by atoms with Crippen LogP contribution in [0.2, 0.25) is 10.0 Å². The van der Waals surface area contributed by atoms with Crippen molar-refractivity contribution in [1.29, 1.82) is 0 Å². The van der Waals surface area contributed by atoms with Gasteiger partial charge in [0.15, 0.2) is 0 Å². The smallest absolute Gasteiger partial charge is 0.100 e. The third-order valence-electron chi connectivity index (χ3n) is 4.74. The molecule has 3 saturated heterocycles. The highest BCUT2D eigenvalue weighted by Gasteiger charge is 2.39. The van der Waals surface area contributed by atoms with E-state index in [0.717, 1.165) is 17.9 Å². The normalized spacial score (nSPS) is 31.9. The van der Waals surface area contributed by atoms with E-state index in [2.05, 4.69) is 19.2 Å². The molecule has 0 saturated carbocycles. The summed E-state index contributed by atoms with van der Waals surface area (Å²) in [4.78, 5) is 0. The molecule has 1 aromatic rings. The van der Waals surface area contributed by atoms with Gasteiger partial charge in [0.1, 0.15) is 6.54 Å². The molecule has 0 amide bonds. The predicted octanol–water partition coefficient (Wildman–Crippen LogP) is 4.33. The molecule has 3 heteroatoms. The molecule has 0 unspecified atom stereocenters. The zero-order valence-electron chi connectivity index (χ0n) is 11.3. The van der Waals surface area contributed by atoms with E-state index >= 15 is 0 Å². The zero-order valence-corrected chi connectivity index (χ0v) is 12.8. The van der Waals surface area contributed by atoms with Crippen molar-refractivity contribution in [3.63, 3.8) is 0 Å². The van der Waals surface area contributed by atoms with Crippen molar-refractivity contribution in [3.8, 4) is 0 Å². The average Bonchev–Trinajstić information content (AvgIpc) is 2.41. The predicted molar refractivity (Wildman–Crippen MR) is 81.8 cm³/mol. The molecule has 0 aromatic heterocycles. The summed E-state index contributed by atoms with van der Waals surface area (Å²) in [6, 6.07) is 5.90. The lowest BCUT2D eigenvalue weighted by molar-refractivity contribution is -0.917. The maximum atomic E-state index is 6.25. The monoisotopic (exact) mass is 296 g/mol. The van der Waals surface area contributed by atoms with Crippen molar-refractivity contribution in [2.75, 3.05) is 26.7 Å². The Balaban J connectivity index is 1.78. The second-order valence-corrected chi connectivity index (χ2v) is 6.98. The Kier molecular flexibility index (Phi) is 3.63. The average molecular weight is 297 g/mol. The number of halogens is 2. The molecular weight excluding hydrogens is 277 g/mol. The first kappa shape index (κ1) is 13.5. The Morgan fingerprint density at radius 2 is 2.00 bits per heavy atom. The largest absolute Gasteiger partial charge is 0.323 e. The van der Waals surface area contributed by atoms with E-state index in [0.29, 0.717) is 10.0 Å². The number of nitrogens with zero attached hydrogens (tertiary/aromatic N) is 1. The van der Waals surface area contributed by atoms with Gasteiger partial charge in [0, 0.05) is 12.8 Å². The second-order valence-electron chi connectivity index (χ2n) is 6.20. The number of hydrogen-bond acceptors (Lipinski definition) is 0. The van der Waals surface area contributed by atoms with Crippen LogP contribution in [0, 0.1) is 5.92 Å². The number of rotatable bonds is 2. The Labute approximate surface area is 125 Å². The Bertz CT molecular complexity index is 513. The Morgan fingerprint density at radius 3 is 2.68 bits per heavy atom. The summed E-state index contributed by atoms with van der Waals surface area (Å²) >= 11 is 12.3. The molecule has 0 N–H and O–H groups in total. The van der Waals surface area contributed by atoms with E-state index in [1.54, 1.807) is 5.57 Å². The van der Waals surface area contributed by atoms with Crippen LogP contribution in [0.15, 0.2) is 29.8 Å². The van der Waals surface area contributed by atoms with Gasteiger partial charge in [-0.3, -0.25) is 0 Å². The van der Waals surface area contributed by atoms with E-state index in [-0.39, 0.29) is 0 Å². The zero-order chi connectivity index (χ0) is 13.5. The molecule has 3 fully saturated rings. The van der Waals surface area contributed by atoms with Gasteiger partial charge in [-0.2, -0.15) is 0 Å². The lowest BCUT2D eigenvalue weighted by Crippen LogP contribution is -2.56. The third-order valence-corrected chi connectivity index (χ3v) is 5.60. The van der Waals surface area contributed by atoms with Crippen molar-refractivity contribution < 1.29 is 4.48 Å². The fourth-order valence-corrected chi connectivity index (χ4v) is 3.87. The minimum absolute atomic E-state index is 0.658. The molecule has 0 spiro atoms. The van der Waals surface area contributed by atoms with Crippen LogP contribution in [0.1, 0.15) is 18.4 Å². The highest BCUT2D eigenvalue weighted by molar-refractivity contribution is 6.42. The first-order chi connectivity index (χ1) is 9.07. The maximum Gasteiger partial charge on any atom is 0.100 e. The Morgan fingerprint density at radius 1 is 1.26 bits per heavy atom. The summed E-state index contributed by atoms with van der Waals surface area (Å²) in [5.41, 5.74) is 2.77. The molecule has 102 valence electrons. The summed E-state index contributed by atoms with van der Waals surface area (Å²) in [5.74, 6) is 0.818. The van der Waals surface area contributed by atoms with Crippen LogP contribution < -0.4 is 0 Å². The summed E-state index contributed by atoms with van der Waals surface area (Å²) in [6.45, 7) is 3.92. The van der Waals surface area contributed by atoms with Gasteiger partial charge in [0.05, 0.1) is 30.2 Å². The summed E-state index contributed by atoms with van der Waals surface area (Å²) in [7, 11) is 2.38. The topological polar surface area (TPSA) is 0 Å². The van der Waals surface area contributed by atoms with Gasteiger partial charge < -0.3 is 4.48 Å². The van der Waals surface area contributed by atoms with E-state index in [1.807, 2.05) is 12.1 Å². The van der Waals surface area contributed by atoms with E-state index in [4.69, 9.17) is 23.2 Å². The quantitative estimate of drug-likeness (QED) is 0.563. The van der Waals surface area contributed by atoms with Gasteiger partial charge in [-0.1, -0.05) is 41.4 Å².